The molecular formula is C14H12ClN5O2. The van der Waals surface area contributed by atoms with E-state index in [1.807, 2.05) is 19.1 Å². The molecule has 0 amide bonds. The highest BCUT2D eigenvalue weighted by Crippen LogP contribution is 2.26. The second-order valence-electron chi connectivity index (χ2n) is 4.79. The van der Waals surface area contributed by atoms with Crippen LogP contribution in [-0.4, -0.2) is 24.3 Å². The van der Waals surface area contributed by atoms with Crippen LogP contribution in [0.15, 0.2) is 36.7 Å². The molecule has 0 saturated heterocycles. The van der Waals surface area contributed by atoms with Crippen LogP contribution < -0.4 is 0 Å². The minimum absolute atomic E-state index is 0.0614. The Morgan fingerprint density at radius 1 is 1.23 bits per heavy atom. The third-order valence-electron chi connectivity index (χ3n) is 3.47. The summed E-state index contributed by atoms with van der Waals surface area (Å²) in [5.41, 5.74) is 2.44. The minimum atomic E-state index is -0.463. The molecule has 2 heterocycles. The van der Waals surface area contributed by atoms with Crippen LogP contribution in [-0.2, 0) is 7.05 Å². The van der Waals surface area contributed by atoms with Crippen molar-refractivity contribution in [2.24, 2.45) is 7.05 Å². The van der Waals surface area contributed by atoms with E-state index in [0.717, 1.165) is 16.9 Å². The third-order valence-corrected chi connectivity index (χ3v) is 3.72. The Hall–Kier alpha value is -2.67. The van der Waals surface area contributed by atoms with Crippen LogP contribution in [0, 0.1) is 17.0 Å². The van der Waals surface area contributed by atoms with Crippen molar-refractivity contribution in [3.05, 3.63) is 57.5 Å². The van der Waals surface area contributed by atoms with E-state index in [0.29, 0.717) is 10.8 Å². The molecule has 0 saturated carbocycles. The topological polar surface area (TPSA) is 78.8 Å². The molecule has 0 aliphatic heterocycles. The van der Waals surface area contributed by atoms with Gasteiger partial charge in [-0.3, -0.25) is 0 Å². The van der Waals surface area contributed by atoms with E-state index in [1.165, 1.54) is 10.8 Å². The predicted octanol–water partition coefficient (Wildman–Crippen LogP) is 3.14. The van der Waals surface area contributed by atoms with Gasteiger partial charge in [-0.1, -0.05) is 11.6 Å². The zero-order valence-corrected chi connectivity index (χ0v) is 12.7. The molecule has 0 unspecified atom stereocenters. The van der Waals surface area contributed by atoms with Gasteiger partial charge in [0.15, 0.2) is 0 Å². The van der Waals surface area contributed by atoms with Gasteiger partial charge in [-0.25, -0.2) is 14.2 Å². The highest BCUT2D eigenvalue weighted by Gasteiger charge is 2.22. The average Bonchev–Trinajstić information content (AvgIpc) is 3.03. The number of hydrogen-bond donors (Lipinski definition) is 0. The van der Waals surface area contributed by atoms with Gasteiger partial charge in [-0.05, 0) is 36.1 Å². The molecular weight excluding hydrogens is 306 g/mol. The van der Waals surface area contributed by atoms with Crippen LogP contribution in [0.3, 0.4) is 0 Å². The number of halogens is 1. The number of imidazole rings is 1. The SMILES string of the molecule is Cc1c(-c2ncc([N+](=O)[O-])n2C)cnn1-c1ccc(Cl)cc1. The first kappa shape index (κ1) is 14.3. The van der Waals surface area contributed by atoms with Crippen molar-refractivity contribution >= 4 is 17.4 Å². The molecule has 3 rings (SSSR count). The Balaban J connectivity index is 2.07. The Kier molecular flexibility index (Phi) is 3.42. The highest BCUT2D eigenvalue weighted by atomic mass is 35.5. The van der Waals surface area contributed by atoms with Crippen molar-refractivity contribution in [1.82, 2.24) is 19.3 Å². The quantitative estimate of drug-likeness (QED) is 0.549. The van der Waals surface area contributed by atoms with E-state index in [1.54, 1.807) is 30.1 Å². The summed E-state index contributed by atoms with van der Waals surface area (Å²) in [5, 5.41) is 15.9. The molecule has 1 aromatic carbocycles. The molecule has 8 heteroatoms. The lowest BCUT2D eigenvalue weighted by molar-refractivity contribution is -0.391. The second kappa shape index (κ2) is 5.27. The first-order chi connectivity index (χ1) is 10.5. The summed E-state index contributed by atoms with van der Waals surface area (Å²) < 4.78 is 3.18. The monoisotopic (exact) mass is 317 g/mol. The number of hydrogen-bond acceptors (Lipinski definition) is 4. The lowest BCUT2D eigenvalue weighted by atomic mass is 10.2. The van der Waals surface area contributed by atoms with Crippen LogP contribution in [0.25, 0.3) is 17.1 Å². The van der Waals surface area contributed by atoms with E-state index < -0.39 is 4.92 Å². The Labute approximate surface area is 130 Å². The van der Waals surface area contributed by atoms with E-state index in [-0.39, 0.29) is 5.82 Å². The smallest absolute Gasteiger partial charge is 0.342 e. The van der Waals surface area contributed by atoms with E-state index in [2.05, 4.69) is 10.1 Å². The van der Waals surface area contributed by atoms with E-state index in [4.69, 9.17) is 11.6 Å². The maximum atomic E-state index is 10.9. The zero-order chi connectivity index (χ0) is 15.9. The fourth-order valence-electron chi connectivity index (χ4n) is 2.29. The fourth-order valence-corrected chi connectivity index (χ4v) is 2.42. The Bertz CT molecular complexity index is 851. The predicted molar refractivity (Wildman–Crippen MR) is 82.2 cm³/mol. The lowest BCUT2D eigenvalue weighted by Gasteiger charge is -2.05. The molecule has 0 spiro atoms. The van der Waals surface area contributed by atoms with E-state index >= 15 is 0 Å². The molecule has 112 valence electrons. The number of nitro groups is 1. The highest BCUT2D eigenvalue weighted by molar-refractivity contribution is 6.30. The summed E-state index contributed by atoms with van der Waals surface area (Å²) in [6.07, 6.45) is 2.89. The Morgan fingerprint density at radius 3 is 2.50 bits per heavy atom. The lowest BCUT2D eigenvalue weighted by Crippen LogP contribution is -2.01. The van der Waals surface area contributed by atoms with Gasteiger partial charge in [0, 0.05) is 5.02 Å². The summed E-state index contributed by atoms with van der Waals surface area (Å²) >= 11 is 5.89. The van der Waals surface area contributed by atoms with Gasteiger partial charge < -0.3 is 10.1 Å². The van der Waals surface area contributed by atoms with Crippen molar-refractivity contribution < 1.29 is 4.92 Å². The van der Waals surface area contributed by atoms with Crippen molar-refractivity contribution in [2.45, 2.75) is 6.92 Å². The van der Waals surface area contributed by atoms with Gasteiger partial charge in [-0.15, -0.1) is 0 Å². The van der Waals surface area contributed by atoms with Crippen molar-refractivity contribution in [2.75, 3.05) is 0 Å². The first-order valence-electron chi connectivity index (χ1n) is 6.46. The molecule has 0 fully saturated rings. The van der Waals surface area contributed by atoms with Crippen molar-refractivity contribution in [3.63, 3.8) is 0 Å². The second-order valence-corrected chi connectivity index (χ2v) is 5.22. The minimum Gasteiger partial charge on any atom is -0.358 e. The van der Waals surface area contributed by atoms with Crippen LogP contribution >= 0.6 is 11.6 Å². The number of rotatable bonds is 3. The fraction of sp³-hybridized carbons (Fsp3) is 0.143. The van der Waals surface area contributed by atoms with Gasteiger partial charge in [0.05, 0.1) is 30.2 Å². The Morgan fingerprint density at radius 2 is 1.91 bits per heavy atom. The standard InChI is InChI=1S/C14H12ClN5O2/c1-9-12(14-16-8-13(18(14)2)20(21)22)7-17-19(9)11-5-3-10(15)4-6-11/h3-8H,1-2H3. The number of benzene rings is 1. The maximum absolute atomic E-state index is 10.9. The van der Waals surface area contributed by atoms with Crippen LogP contribution in [0.1, 0.15) is 5.69 Å². The van der Waals surface area contributed by atoms with Gasteiger partial charge in [0.2, 0.25) is 5.82 Å². The molecule has 0 radical (unpaired) electrons. The summed E-state index contributed by atoms with van der Waals surface area (Å²) in [4.78, 5) is 14.6. The summed E-state index contributed by atoms with van der Waals surface area (Å²) in [6.45, 7) is 1.89. The largest absolute Gasteiger partial charge is 0.358 e. The van der Waals surface area contributed by atoms with Gasteiger partial charge >= 0.3 is 5.82 Å². The normalized spacial score (nSPS) is 10.9. The zero-order valence-electron chi connectivity index (χ0n) is 11.9. The first-order valence-corrected chi connectivity index (χ1v) is 6.84. The van der Waals surface area contributed by atoms with E-state index in [9.17, 15) is 10.1 Å². The van der Waals surface area contributed by atoms with Crippen LogP contribution in [0.2, 0.25) is 5.02 Å². The molecule has 7 nitrogen and oxygen atoms in total. The van der Waals surface area contributed by atoms with Gasteiger partial charge in [0.25, 0.3) is 0 Å². The van der Waals surface area contributed by atoms with Gasteiger partial charge in [0.1, 0.15) is 6.20 Å². The van der Waals surface area contributed by atoms with Crippen molar-refractivity contribution in [3.8, 4) is 17.1 Å². The molecule has 0 aliphatic carbocycles. The van der Waals surface area contributed by atoms with Crippen LogP contribution in [0.4, 0.5) is 5.82 Å². The summed E-state index contributed by atoms with van der Waals surface area (Å²) in [6, 6.07) is 7.27. The van der Waals surface area contributed by atoms with Gasteiger partial charge in [-0.2, -0.15) is 5.10 Å². The summed E-state index contributed by atoms with van der Waals surface area (Å²) in [5.74, 6) is 0.443. The molecule has 0 N–H and O–H groups in total. The molecule has 0 bridgehead atoms. The molecule has 2 aromatic heterocycles. The van der Waals surface area contributed by atoms with Crippen molar-refractivity contribution in [1.29, 1.82) is 0 Å². The number of nitrogens with zero attached hydrogens (tertiary/aromatic N) is 5. The molecule has 0 aliphatic rings. The number of aromatic nitrogens is 4. The summed E-state index contributed by atoms with van der Waals surface area (Å²) in [7, 11) is 1.61. The molecule has 22 heavy (non-hydrogen) atoms. The third kappa shape index (κ3) is 2.25. The van der Waals surface area contributed by atoms with Crippen LogP contribution in [0.5, 0.6) is 0 Å². The molecule has 0 atom stereocenters. The molecule has 3 aromatic rings. The average molecular weight is 318 g/mol. The maximum Gasteiger partial charge on any atom is 0.342 e.